The van der Waals surface area contributed by atoms with Gasteiger partial charge in [-0.2, -0.15) is 13.2 Å². The van der Waals surface area contributed by atoms with E-state index in [0.717, 1.165) is 6.42 Å². The summed E-state index contributed by atoms with van der Waals surface area (Å²) >= 11 is 0. The lowest BCUT2D eigenvalue weighted by atomic mass is 9.79. The van der Waals surface area contributed by atoms with E-state index in [9.17, 15) is 18.3 Å². The van der Waals surface area contributed by atoms with E-state index in [0.29, 0.717) is 25.2 Å². The smallest absolute Gasteiger partial charge is 0.382 e. The maximum Gasteiger partial charge on any atom is 0.419 e. The average Bonchev–Trinajstić information content (AvgIpc) is 2.13. The molecular weight excluding hydrogens is 209 g/mol. The molecule has 0 bridgehead atoms. The van der Waals surface area contributed by atoms with E-state index in [-0.39, 0.29) is 5.82 Å². The van der Waals surface area contributed by atoms with Gasteiger partial charge in [0.05, 0.1) is 5.56 Å². The third-order valence-corrected chi connectivity index (χ3v) is 2.58. The highest BCUT2D eigenvalue weighted by molar-refractivity contribution is 5.13. The maximum atomic E-state index is 12.2. The molecule has 0 aromatic carbocycles. The summed E-state index contributed by atoms with van der Waals surface area (Å²) in [6.45, 7) is 0. The Labute approximate surface area is 84.0 Å². The maximum absolute atomic E-state index is 12.2. The van der Waals surface area contributed by atoms with Gasteiger partial charge in [0.25, 0.3) is 0 Å². The van der Waals surface area contributed by atoms with E-state index in [2.05, 4.69) is 9.97 Å². The van der Waals surface area contributed by atoms with Gasteiger partial charge >= 0.3 is 6.18 Å². The van der Waals surface area contributed by atoms with E-state index in [1.54, 1.807) is 0 Å². The number of hydrogen-bond acceptors (Lipinski definition) is 3. The predicted octanol–water partition coefficient (Wildman–Crippen LogP) is 1.87. The number of rotatable bonds is 1. The Kier molecular flexibility index (Phi) is 2.18. The fraction of sp³-hybridized carbons (Fsp3) is 0.556. The zero-order valence-corrected chi connectivity index (χ0v) is 7.75. The normalized spacial score (nSPS) is 19.7. The number of halogens is 3. The van der Waals surface area contributed by atoms with Crippen LogP contribution in [0.25, 0.3) is 0 Å². The van der Waals surface area contributed by atoms with Crippen LogP contribution in [-0.2, 0) is 11.8 Å². The molecule has 1 aliphatic rings. The summed E-state index contributed by atoms with van der Waals surface area (Å²) in [5.74, 6) is 0.0850. The molecule has 0 spiro atoms. The van der Waals surface area contributed by atoms with Gasteiger partial charge in [0.1, 0.15) is 5.60 Å². The molecular formula is C9H9F3N2O. The van der Waals surface area contributed by atoms with Crippen LogP contribution in [0.1, 0.15) is 30.7 Å². The Morgan fingerprint density at radius 2 is 1.73 bits per heavy atom. The SMILES string of the molecule is OC1(c2ncc(C(F)(F)F)cn2)CCC1. The zero-order chi connectivity index (χ0) is 11.1. The van der Waals surface area contributed by atoms with Crippen molar-refractivity contribution in [2.24, 2.45) is 0 Å². The highest BCUT2D eigenvalue weighted by atomic mass is 19.4. The van der Waals surface area contributed by atoms with E-state index >= 15 is 0 Å². The molecule has 1 aromatic heterocycles. The minimum atomic E-state index is -4.43. The van der Waals surface area contributed by atoms with Gasteiger partial charge in [-0.1, -0.05) is 0 Å². The van der Waals surface area contributed by atoms with Gasteiger partial charge < -0.3 is 5.11 Å². The fourth-order valence-electron chi connectivity index (χ4n) is 1.45. The van der Waals surface area contributed by atoms with Crippen molar-refractivity contribution in [1.82, 2.24) is 9.97 Å². The molecule has 0 aliphatic heterocycles. The molecule has 82 valence electrons. The molecule has 1 fully saturated rings. The molecule has 0 atom stereocenters. The first-order valence-corrected chi connectivity index (χ1v) is 4.54. The molecule has 0 saturated heterocycles. The van der Waals surface area contributed by atoms with Crippen LogP contribution in [0, 0.1) is 0 Å². The topological polar surface area (TPSA) is 46.0 Å². The molecule has 0 unspecified atom stereocenters. The van der Waals surface area contributed by atoms with E-state index in [1.807, 2.05) is 0 Å². The van der Waals surface area contributed by atoms with Crippen LogP contribution in [0.5, 0.6) is 0 Å². The number of alkyl halides is 3. The molecule has 2 rings (SSSR count). The number of hydrogen-bond donors (Lipinski definition) is 1. The number of aromatic nitrogens is 2. The largest absolute Gasteiger partial charge is 0.419 e. The van der Waals surface area contributed by atoms with Crippen LogP contribution in [-0.4, -0.2) is 15.1 Å². The molecule has 6 heteroatoms. The Hall–Kier alpha value is -1.17. The molecule has 1 saturated carbocycles. The Morgan fingerprint density at radius 3 is 2.07 bits per heavy atom. The minimum absolute atomic E-state index is 0.0850. The van der Waals surface area contributed by atoms with Crippen molar-refractivity contribution in [3.8, 4) is 0 Å². The molecule has 15 heavy (non-hydrogen) atoms. The lowest BCUT2D eigenvalue weighted by Crippen LogP contribution is -2.35. The highest BCUT2D eigenvalue weighted by Crippen LogP contribution is 2.39. The molecule has 0 amide bonds. The summed E-state index contributed by atoms with van der Waals surface area (Å²) in [4.78, 5) is 7.12. The summed E-state index contributed by atoms with van der Waals surface area (Å²) in [6, 6.07) is 0. The van der Waals surface area contributed by atoms with E-state index < -0.39 is 17.3 Å². The molecule has 3 nitrogen and oxygen atoms in total. The minimum Gasteiger partial charge on any atom is -0.382 e. The quantitative estimate of drug-likeness (QED) is 0.782. The van der Waals surface area contributed by atoms with E-state index in [1.165, 1.54) is 0 Å². The van der Waals surface area contributed by atoms with Crippen molar-refractivity contribution in [3.05, 3.63) is 23.8 Å². The van der Waals surface area contributed by atoms with Crippen molar-refractivity contribution >= 4 is 0 Å². The summed E-state index contributed by atoms with van der Waals surface area (Å²) < 4.78 is 36.5. The number of aliphatic hydroxyl groups is 1. The third kappa shape index (κ3) is 1.81. The molecule has 1 aromatic rings. The second-order valence-corrected chi connectivity index (χ2v) is 3.68. The standard InChI is InChI=1S/C9H9F3N2O/c10-9(11,12)6-4-13-7(14-5-6)8(15)2-1-3-8/h4-5,15H,1-3H2. The predicted molar refractivity (Wildman–Crippen MR) is 44.8 cm³/mol. The second-order valence-electron chi connectivity index (χ2n) is 3.68. The Bertz CT molecular complexity index is 357. The fourth-order valence-corrected chi connectivity index (χ4v) is 1.45. The third-order valence-electron chi connectivity index (χ3n) is 2.58. The first-order chi connectivity index (χ1) is 6.92. The van der Waals surface area contributed by atoms with Gasteiger partial charge in [0.2, 0.25) is 0 Å². The van der Waals surface area contributed by atoms with Crippen LogP contribution in [0.2, 0.25) is 0 Å². The zero-order valence-electron chi connectivity index (χ0n) is 7.75. The van der Waals surface area contributed by atoms with Crippen LogP contribution in [0.3, 0.4) is 0 Å². The van der Waals surface area contributed by atoms with Crippen molar-refractivity contribution in [2.45, 2.75) is 31.0 Å². The summed E-state index contributed by atoms with van der Waals surface area (Å²) in [7, 11) is 0. The van der Waals surface area contributed by atoms with Crippen molar-refractivity contribution in [1.29, 1.82) is 0 Å². The van der Waals surface area contributed by atoms with Gasteiger partial charge in [-0.15, -0.1) is 0 Å². The van der Waals surface area contributed by atoms with Crippen molar-refractivity contribution in [2.75, 3.05) is 0 Å². The van der Waals surface area contributed by atoms with Gasteiger partial charge in [-0.3, -0.25) is 0 Å². The average molecular weight is 218 g/mol. The first kappa shape index (κ1) is 10.4. The van der Waals surface area contributed by atoms with Gasteiger partial charge in [-0.25, -0.2) is 9.97 Å². The lowest BCUT2D eigenvalue weighted by Gasteiger charge is -2.34. The Balaban J connectivity index is 2.24. The van der Waals surface area contributed by atoms with Crippen LogP contribution >= 0.6 is 0 Å². The molecule has 1 N–H and O–H groups in total. The van der Waals surface area contributed by atoms with E-state index in [4.69, 9.17) is 0 Å². The number of nitrogens with zero attached hydrogens (tertiary/aromatic N) is 2. The Morgan fingerprint density at radius 1 is 1.20 bits per heavy atom. The van der Waals surface area contributed by atoms with Gasteiger partial charge in [0.15, 0.2) is 5.82 Å². The van der Waals surface area contributed by atoms with Gasteiger partial charge in [0, 0.05) is 12.4 Å². The van der Waals surface area contributed by atoms with Crippen LogP contribution < -0.4 is 0 Å². The second kappa shape index (κ2) is 3.16. The van der Waals surface area contributed by atoms with Gasteiger partial charge in [-0.05, 0) is 19.3 Å². The first-order valence-electron chi connectivity index (χ1n) is 4.54. The van der Waals surface area contributed by atoms with Crippen LogP contribution in [0.4, 0.5) is 13.2 Å². The monoisotopic (exact) mass is 218 g/mol. The van der Waals surface area contributed by atoms with Crippen molar-refractivity contribution < 1.29 is 18.3 Å². The van der Waals surface area contributed by atoms with Crippen LogP contribution in [0.15, 0.2) is 12.4 Å². The summed E-state index contributed by atoms with van der Waals surface area (Å²) in [6.07, 6.45) is -1.14. The molecule has 0 radical (unpaired) electrons. The summed E-state index contributed by atoms with van der Waals surface area (Å²) in [5, 5.41) is 9.77. The lowest BCUT2D eigenvalue weighted by molar-refractivity contribution is -0.138. The molecule has 1 heterocycles. The summed E-state index contributed by atoms with van der Waals surface area (Å²) in [5.41, 5.74) is -2.00. The highest BCUT2D eigenvalue weighted by Gasteiger charge is 2.40. The van der Waals surface area contributed by atoms with Crippen molar-refractivity contribution in [3.63, 3.8) is 0 Å². The molecule has 1 aliphatic carbocycles.